The second kappa shape index (κ2) is 11.4. The van der Waals surface area contributed by atoms with Crippen LogP contribution in [0, 0.1) is 5.92 Å². The van der Waals surface area contributed by atoms with E-state index in [2.05, 4.69) is 33.0 Å². The summed E-state index contributed by atoms with van der Waals surface area (Å²) in [5, 5.41) is 3.37. The van der Waals surface area contributed by atoms with E-state index in [0.29, 0.717) is 0 Å². The SMILES string of the molecule is CC1CCNC1C.CCCCCOCCC. The first kappa shape index (κ1) is 15.9. The molecule has 0 aromatic heterocycles. The van der Waals surface area contributed by atoms with Crippen LogP contribution in [-0.4, -0.2) is 25.8 Å². The number of unbranched alkanes of at least 4 members (excludes halogenated alkanes) is 2. The lowest BCUT2D eigenvalue weighted by molar-refractivity contribution is 0.131. The van der Waals surface area contributed by atoms with E-state index >= 15 is 0 Å². The van der Waals surface area contributed by atoms with Crippen LogP contribution in [0.5, 0.6) is 0 Å². The maximum atomic E-state index is 5.28. The molecule has 2 nitrogen and oxygen atoms in total. The molecule has 0 aromatic carbocycles. The van der Waals surface area contributed by atoms with Crippen molar-refractivity contribution in [1.82, 2.24) is 5.32 Å². The zero-order valence-electron chi connectivity index (χ0n) is 11.7. The third kappa shape index (κ3) is 9.17. The topological polar surface area (TPSA) is 21.3 Å². The molecule has 1 N–H and O–H groups in total. The van der Waals surface area contributed by atoms with E-state index in [1.165, 1.54) is 32.2 Å². The van der Waals surface area contributed by atoms with Gasteiger partial charge in [-0.25, -0.2) is 0 Å². The minimum atomic E-state index is 0.764. The predicted octanol–water partition coefficient (Wildman–Crippen LogP) is 3.61. The summed E-state index contributed by atoms with van der Waals surface area (Å²) in [5.74, 6) is 0.903. The number of rotatable bonds is 6. The summed E-state index contributed by atoms with van der Waals surface area (Å²) < 4.78 is 5.28. The highest BCUT2D eigenvalue weighted by molar-refractivity contribution is 4.75. The van der Waals surface area contributed by atoms with E-state index in [4.69, 9.17) is 4.74 Å². The number of nitrogens with one attached hydrogen (secondary N) is 1. The summed E-state index contributed by atoms with van der Waals surface area (Å²) in [6.07, 6.45) is 6.34. The molecule has 2 atom stereocenters. The summed E-state index contributed by atoms with van der Waals surface area (Å²) in [5.41, 5.74) is 0. The van der Waals surface area contributed by atoms with Gasteiger partial charge in [-0.05, 0) is 38.6 Å². The monoisotopic (exact) mass is 229 g/mol. The average molecular weight is 229 g/mol. The number of ether oxygens (including phenoxy) is 1. The minimum absolute atomic E-state index is 0.764. The third-order valence-electron chi connectivity index (χ3n) is 3.16. The Morgan fingerprint density at radius 2 is 1.81 bits per heavy atom. The Kier molecular flexibility index (Phi) is 11.3. The van der Waals surface area contributed by atoms with E-state index in [-0.39, 0.29) is 0 Å². The molecule has 0 aromatic rings. The molecule has 1 aliphatic heterocycles. The van der Waals surface area contributed by atoms with Crippen LogP contribution in [0.2, 0.25) is 0 Å². The second-order valence-corrected chi connectivity index (χ2v) is 4.83. The Morgan fingerprint density at radius 1 is 1.06 bits per heavy atom. The van der Waals surface area contributed by atoms with E-state index in [9.17, 15) is 0 Å². The predicted molar refractivity (Wildman–Crippen MR) is 71.9 cm³/mol. The molecule has 1 saturated heterocycles. The van der Waals surface area contributed by atoms with E-state index in [1.807, 2.05) is 0 Å². The molecule has 98 valence electrons. The summed E-state index contributed by atoms with van der Waals surface area (Å²) in [4.78, 5) is 0. The van der Waals surface area contributed by atoms with Gasteiger partial charge in [-0.15, -0.1) is 0 Å². The summed E-state index contributed by atoms with van der Waals surface area (Å²) >= 11 is 0. The second-order valence-electron chi connectivity index (χ2n) is 4.83. The molecule has 2 unspecified atom stereocenters. The largest absolute Gasteiger partial charge is 0.381 e. The third-order valence-corrected chi connectivity index (χ3v) is 3.16. The van der Waals surface area contributed by atoms with Crippen LogP contribution < -0.4 is 5.32 Å². The normalized spacial score (nSPS) is 24.0. The zero-order valence-corrected chi connectivity index (χ0v) is 11.7. The first-order valence-electron chi connectivity index (χ1n) is 7.03. The lowest BCUT2D eigenvalue weighted by Crippen LogP contribution is -2.20. The number of hydrogen-bond acceptors (Lipinski definition) is 2. The molecule has 0 saturated carbocycles. The fourth-order valence-corrected chi connectivity index (χ4v) is 1.69. The van der Waals surface area contributed by atoms with E-state index < -0.39 is 0 Å². The van der Waals surface area contributed by atoms with E-state index in [0.717, 1.165) is 31.6 Å². The van der Waals surface area contributed by atoms with Crippen molar-refractivity contribution in [2.24, 2.45) is 5.92 Å². The van der Waals surface area contributed by atoms with Gasteiger partial charge in [0.2, 0.25) is 0 Å². The maximum absolute atomic E-state index is 5.28. The molecule has 1 fully saturated rings. The van der Waals surface area contributed by atoms with Crippen molar-refractivity contribution in [3.05, 3.63) is 0 Å². The van der Waals surface area contributed by atoms with Crippen LogP contribution in [-0.2, 0) is 4.74 Å². The molecule has 0 bridgehead atoms. The van der Waals surface area contributed by atoms with Gasteiger partial charge < -0.3 is 10.1 Å². The van der Waals surface area contributed by atoms with Gasteiger partial charge in [-0.2, -0.15) is 0 Å². The van der Waals surface area contributed by atoms with Crippen molar-refractivity contribution < 1.29 is 4.74 Å². The van der Waals surface area contributed by atoms with Crippen molar-refractivity contribution in [3.8, 4) is 0 Å². The van der Waals surface area contributed by atoms with E-state index in [1.54, 1.807) is 0 Å². The zero-order chi connectivity index (χ0) is 12.2. The molecule has 2 heteroatoms. The van der Waals surface area contributed by atoms with Crippen molar-refractivity contribution in [1.29, 1.82) is 0 Å². The van der Waals surface area contributed by atoms with Gasteiger partial charge in [0.05, 0.1) is 0 Å². The van der Waals surface area contributed by atoms with Gasteiger partial charge >= 0.3 is 0 Å². The van der Waals surface area contributed by atoms with Crippen molar-refractivity contribution in [2.45, 2.75) is 65.8 Å². The molecule has 1 heterocycles. The fourth-order valence-electron chi connectivity index (χ4n) is 1.69. The molecular weight excluding hydrogens is 198 g/mol. The lowest BCUT2D eigenvalue weighted by Gasteiger charge is -2.05. The van der Waals surface area contributed by atoms with Crippen LogP contribution in [0.4, 0.5) is 0 Å². The maximum Gasteiger partial charge on any atom is 0.0466 e. The fraction of sp³-hybridized carbons (Fsp3) is 1.00. The van der Waals surface area contributed by atoms with Gasteiger partial charge in [0.25, 0.3) is 0 Å². The van der Waals surface area contributed by atoms with Gasteiger partial charge in [0.15, 0.2) is 0 Å². The van der Waals surface area contributed by atoms with Crippen LogP contribution in [0.15, 0.2) is 0 Å². The molecule has 0 aliphatic carbocycles. The number of hydrogen-bond donors (Lipinski definition) is 1. The van der Waals surface area contributed by atoms with Gasteiger partial charge in [-0.3, -0.25) is 0 Å². The average Bonchev–Trinajstić information content (AvgIpc) is 2.64. The smallest absolute Gasteiger partial charge is 0.0466 e. The highest BCUT2D eigenvalue weighted by Gasteiger charge is 2.16. The van der Waals surface area contributed by atoms with Crippen LogP contribution in [0.3, 0.4) is 0 Å². The van der Waals surface area contributed by atoms with Gasteiger partial charge in [0.1, 0.15) is 0 Å². The highest BCUT2D eigenvalue weighted by Crippen LogP contribution is 2.12. The standard InChI is InChI=1S/C8H18O.C6H13N/c1-3-5-6-8-9-7-4-2;1-5-3-4-7-6(5)2/h3-8H2,1-2H3;5-7H,3-4H2,1-2H3. The Morgan fingerprint density at radius 3 is 2.19 bits per heavy atom. The Balaban J connectivity index is 0.000000288. The van der Waals surface area contributed by atoms with Crippen molar-refractivity contribution in [3.63, 3.8) is 0 Å². The molecular formula is C14H31NO. The first-order chi connectivity index (χ1) is 7.72. The quantitative estimate of drug-likeness (QED) is 0.703. The molecule has 16 heavy (non-hydrogen) atoms. The van der Waals surface area contributed by atoms with Crippen LogP contribution >= 0.6 is 0 Å². The summed E-state index contributed by atoms with van der Waals surface area (Å²) in [6, 6.07) is 0.764. The summed E-state index contributed by atoms with van der Waals surface area (Å²) in [7, 11) is 0. The molecule has 0 radical (unpaired) electrons. The lowest BCUT2D eigenvalue weighted by atomic mass is 10.1. The summed E-state index contributed by atoms with van der Waals surface area (Å²) in [6.45, 7) is 12.0. The van der Waals surface area contributed by atoms with Gasteiger partial charge in [0, 0.05) is 19.3 Å². The highest BCUT2D eigenvalue weighted by atomic mass is 16.5. The van der Waals surface area contributed by atoms with Crippen molar-refractivity contribution in [2.75, 3.05) is 19.8 Å². The Hall–Kier alpha value is -0.0800. The Bertz CT molecular complexity index is 125. The van der Waals surface area contributed by atoms with Crippen LogP contribution in [0.1, 0.15) is 59.8 Å². The van der Waals surface area contributed by atoms with Gasteiger partial charge in [-0.1, -0.05) is 33.6 Å². The molecule has 0 spiro atoms. The van der Waals surface area contributed by atoms with Crippen LogP contribution in [0.25, 0.3) is 0 Å². The van der Waals surface area contributed by atoms with Crippen molar-refractivity contribution >= 4 is 0 Å². The minimum Gasteiger partial charge on any atom is -0.381 e. The Labute approximate surface area is 102 Å². The molecule has 0 amide bonds. The molecule has 1 rings (SSSR count). The molecule has 1 aliphatic rings. The first-order valence-corrected chi connectivity index (χ1v) is 7.03.